The fourth-order valence-electron chi connectivity index (χ4n) is 3.29. The first kappa shape index (κ1) is 16.2. The zero-order valence-corrected chi connectivity index (χ0v) is 13.4. The number of rotatable bonds is 7. The Morgan fingerprint density at radius 3 is 2.76 bits per heavy atom. The number of aromatic nitrogens is 2. The molecule has 0 saturated carbocycles. The number of piperidine rings is 1. The second-order valence-electron chi connectivity index (χ2n) is 6.28. The van der Waals surface area contributed by atoms with E-state index in [1.54, 1.807) is 6.20 Å². The number of aryl methyl sites for hydroxylation is 1. The van der Waals surface area contributed by atoms with Gasteiger partial charge in [0.05, 0.1) is 0 Å². The van der Waals surface area contributed by atoms with Gasteiger partial charge >= 0.3 is 0 Å². The normalized spacial score (nSPS) is 20.3. The number of likely N-dealkylation sites (tertiary alicyclic amines) is 1. The molecule has 4 heteroatoms. The van der Waals surface area contributed by atoms with Crippen LogP contribution in [0.1, 0.15) is 51.0 Å². The molecule has 1 N–H and O–H groups in total. The third-order valence-electron chi connectivity index (χ3n) is 4.80. The summed E-state index contributed by atoms with van der Waals surface area (Å²) < 4.78 is 1.93. The van der Waals surface area contributed by atoms with E-state index in [9.17, 15) is 5.11 Å². The Kier molecular flexibility index (Phi) is 6.00. The number of aliphatic hydroxyl groups excluding tert-OH is 1. The van der Waals surface area contributed by atoms with Crippen molar-refractivity contribution in [1.29, 1.82) is 0 Å². The Balaban J connectivity index is 1.80. The minimum atomic E-state index is -0.428. The molecular formula is C17H29N3O. The van der Waals surface area contributed by atoms with Crippen LogP contribution in [0.2, 0.25) is 0 Å². The lowest BCUT2D eigenvalue weighted by molar-refractivity contribution is 0.0394. The molecule has 2 unspecified atom stereocenters. The van der Waals surface area contributed by atoms with Crippen LogP contribution >= 0.6 is 0 Å². The summed E-state index contributed by atoms with van der Waals surface area (Å²) in [6.45, 7) is 8.27. The van der Waals surface area contributed by atoms with Crippen molar-refractivity contribution in [3.8, 4) is 0 Å². The molecule has 0 radical (unpaired) electrons. The summed E-state index contributed by atoms with van der Waals surface area (Å²) in [7, 11) is 1.95. The van der Waals surface area contributed by atoms with Crippen LogP contribution in [0.4, 0.5) is 0 Å². The summed E-state index contributed by atoms with van der Waals surface area (Å²) in [5, 5.41) is 10.5. The number of hydrogen-bond acceptors (Lipinski definition) is 3. The van der Waals surface area contributed by atoms with Crippen molar-refractivity contribution in [2.45, 2.75) is 51.2 Å². The van der Waals surface area contributed by atoms with Crippen LogP contribution in [0.5, 0.6) is 0 Å². The van der Waals surface area contributed by atoms with Crippen LogP contribution in [0, 0.1) is 5.92 Å². The second-order valence-corrected chi connectivity index (χ2v) is 6.28. The van der Waals surface area contributed by atoms with E-state index in [-0.39, 0.29) is 0 Å². The van der Waals surface area contributed by atoms with Crippen LogP contribution in [0.3, 0.4) is 0 Å². The standard InChI is InChI=1S/C17H29N3O/c1-4-5-6-7-14(2)20-11-8-15(9-12-20)16(21)17-18-10-13-19(17)3/h4,10,13-16,21H,1,5-9,11-12H2,2-3H3. The van der Waals surface area contributed by atoms with Gasteiger partial charge in [0.2, 0.25) is 0 Å². The van der Waals surface area contributed by atoms with Crippen molar-refractivity contribution in [2.24, 2.45) is 13.0 Å². The van der Waals surface area contributed by atoms with E-state index in [0.717, 1.165) is 38.2 Å². The molecule has 0 bridgehead atoms. The van der Waals surface area contributed by atoms with Gasteiger partial charge in [-0.15, -0.1) is 6.58 Å². The smallest absolute Gasteiger partial charge is 0.137 e. The van der Waals surface area contributed by atoms with Crippen molar-refractivity contribution in [3.63, 3.8) is 0 Å². The molecule has 1 aromatic rings. The molecule has 1 fully saturated rings. The third kappa shape index (κ3) is 4.17. The summed E-state index contributed by atoms with van der Waals surface area (Å²) in [6, 6.07) is 0.635. The minimum Gasteiger partial charge on any atom is -0.385 e. The summed E-state index contributed by atoms with van der Waals surface area (Å²) in [5.41, 5.74) is 0. The van der Waals surface area contributed by atoms with Crippen LogP contribution in [-0.4, -0.2) is 38.7 Å². The molecule has 0 aromatic carbocycles. The van der Waals surface area contributed by atoms with Crippen molar-refractivity contribution < 1.29 is 5.11 Å². The van der Waals surface area contributed by atoms with Crippen LogP contribution in [0.15, 0.2) is 25.0 Å². The lowest BCUT2D eigenvalue weighted by Crippen LogP contribution is -2.41. The highest BCUT2D eigenvalue weighted by atomic mass is 16.3. The van der Waals surface area contributed by atoms with E-state index in [1.165, 1.54) is 12.8 Å². The molecule has 2 atom stereocenters. The Morgan fingerprint density at radius 2 is 2.19 bits per heavy atom. The van der Waals surface area contributed by atoms with E-state index in [2.05, 4.69) is 23.4 Å². The van der Waals surface area contributed by atoms with E-state index < -0.39 is 6.10 Å². The van der Waals surface area contributed by atoms with E-state index >= 15 is 0 Å². The largest absolute Gasteiger partial charge is 0.385 e. The van der Waals surface area contributed by atoms with Crippen LogP contribution in [0.25, 0.3) is 0 Å². The first-order chi connectivity index (χ1) is 10.1. The molecule has 2 rings (SSSR count). The second kappa shape index (κ2) is 7.76. The lowest BCUT2D eigenvalue weighted by Gasteiger charge is -2.37. The van der Waals surface area contributed by atoms with Gasteiger partial charge in [-0.3, -0.25) is 0 Å². The van der Waals surface area contributed by atoms with Gasteiger partial charge in [-0.05, 0) is 58.0 Å². The number of aliphatic hydroxyl groups is 1. The summed E-state index contributed by atoms with van der Waals surface area (Å²) >= 11 is 0. The van der Waals surface area contributed by atoms with Crippen molar-refractivity contribution in [1.82, 2.24) is 14.5 Å². The number of nitrogens with zero attached hydrogens (tertiary/aromatic N) is 3. The highest BCUT2D eigenvalue weighted by Crippen LogP contribution is 2.30. The number of hydrogen-bond donors (Lipinski definition) is 1. The molecule has 1 saturated heterocycles. The van der Waals surface area contributed by atoms with E-state index in [1.807, 2.05) is 23.9 Å². The predicted molar refractivity (Wildman–Crippen MR) is 86.0 cm³/mol. The molecule has 0 aliphatic carbocycles. The molecule has 4 nitrogen and oxygen atoms in total. The van der Waals surface area contributed by atoms with E-state index in [0.29, 0.717) is 12.0 Å². The maximum Gasteiger partial charge on any atom is 0.137 e. The molecule has 118 valence electrons. The van der Waals surface area contributed by atoms with Crippen LogP contribution < -0.4 is 0 Å². The first-order valence-corrected chi connectivity index (χ1v) is 8.13. The van der Waals surface area contributed by atoms with Gasteiger partial charge in [0.1, 0.15) is 11.9 Å². The highest BCUT2D eigenvalue weighted by Gasteiger charge is 2.29. The molecular weight excluding hydrogens is 262 g/mol. The van der Waals surface area contributed by atoms with Gasteiger partial charge < -0.3 is 14.6 Å². The summed E-state index contributed by atoms with van der Waals surface area (Å²) in [5.74, 6) is 1.13. The van der Waals surface area contributed by atoms with Crippen molar-refractivity contribution in [2.75, 3.05) is 13.1 Å². The molecule has 1 aliphatic heterocycles. The van der Waals surface area contributed by atoms with E-state index in [4.69, 9.17) is 0 Å². The molecule has 0 spiro atoms. The van der Waals surface area contributed by atoms with Crippen molar-refractivity contribution in [3.05, 3.63) is 30.9 Å². The number of unbranched alkanes of at least 4 members (excludes halogenated alkanes) is 1. The fraction of sp³-hybridized carbons (Fsp3) is 0.706. The molecule has 1 aromatic heterocycles. The van der Waals surface area contributed by atoms with Gasteiger partial charge in [-0.1, -0.05) is 6.08 Å². The summed E-state index contributed by atoms with van der Waals surface area (Å²) in [6.07, 6.45) is 10.9. The average molecular weight is 291 g/mol. The fourth-order valence-corrected chi connectivity index (χ4v) is 3.29. The lowest BCUT2D eigenvalue weighted by atomic mass is 9.89. The van der Waals surface area contributed by atoms with Gasteiger partial charge in [0.25, 0.3) is 0 Å². The van der Waals surface area contributed by atoms with Crippen LogP contribution in [-0.2, 0) is 7.05 Å². The van der Waals surface area contributed by atoms with Crippen molar-refractivity contribution >= 4 is 0 Å². The minimum absolute atomic E-state index is 0.336. The maximum atomic E-state index is 10.5. The number of allylic oxidation sites excluding steroid dienone is 1. The SMILES string of the molecule is C=CCCCC(C)N1CCC(C(O)c2nccn2C)CC1. The topological polar surface area (TPSA) is 41.3 Å². The van der Waals surface area contributed by atoms with Gasteiger partial charge in [0, 0.05) is 25.5 Å². The quantitative estimate of drug-likeness (QED) is 0.620. The molecule has 1 aliphatic rings. The maximum absolute atomic E-state index is 10.5. The van der Waals surface area contributed by atoms with Gasteiger partial charge in [-0.2, -0.15) is 0 Å². The number of imidazole rings is 1. The first-order valence-electron chi connectivity index (χ1n) is 8.13. The van der Waals surface area contributed by atoms with Gasteiger partial charge in [-0.25, -0.2) is 4.98 Å². The Hall–Kier alpha value is -1.13. The summed E-state index contributed by atoms with van der Waals surface area (Å²) in [4.78, 5) is 6.85. The molecule has 0 amide bonds. The Morgan fingerprint density at radius 1 is 1.48 bits per heavy atom. The Labute approximate surface area is 128 Å². The zero-order chi connectivity index (χ0) is 15.2. The monoisotopic (exact) mass is 291 g/mol. The predicted octanol–water partition coefficient (Wildman–Crippen LogP) is 2.91. The average Bonchev–Trinajstić information content (AvgIpc) is 2.93. The molecule has 2 heterocycles. The Bertz CT molecular complexity index is 435. The third-order valence-corrected chi connectivity index (χ3v) is 4.80. The molecule has 21 heavy (non-hydrogen) atoms. The van der Waals surface area contributed by atoms with Gasteiger partial charge in [0.15, 0.2) is 0 Å². The zero-order valence-electron chi connectivity index (χ0n) is 13.4. The highest BCUT2D eigenvalue weighted by molar-refractivity contribution is 4.98.